The highest BCUT2D eigenvalue weighted by Gasteiger charge is 1.94. The zero-order chi connectivity index (χ0) is 12.6. The van der Waals surface area contributed by atoms with Gasteiger partial charge in [-0.15, -0.1) is 0 Å². The van der Waals surface area contributed by atoms with E-state index in [1.807, 2.05) is 0 Å². The summed E-state index contributed by atoms with van der Waals surface area (Å²) in [7, 11) is 0. The van der Waals surface area contributed by atoms with E-state index in [9.17, 15) is 0 Å². The average molecular weight is 142 g/mol. The minimum atomic E-state index is -2.90. The second-order valence-electron chi connectivity index (χ2n) is 1.90. The van der Waals surface area contributed by atoms with Gasteiger partial charge in [0, 0.05) is 14.2 Å². The number of hydrogen-bond donors (Lipinski definition) is 1. The van der Waals surface area contributed by atoms with Crippen LogP contribution in [0.25, 0.3) is 0 Å². The molecule has 1 aromatic carbocycles. The summed E-state index contributed by atoms with van der Waals surface area (Å²) in [6.45, 7) is -2.90. The van der Waals surface area contributed by atoms with E-state index < -0.39 is 19.2 Å². The van der Waals surface area contributed by atoms with E-state index in [1.165, 1.54) is 12.1 Å². The maximum atomic E-state index is 7.72. The molecule has 0 aliphatic carbocycles. The summed E-state index contributed by atoms with van der Waals surface area (Å²) in [6.07, 6.45) is -2.44. The maximum absolute atomic E-state index is 7.72. The number of rotatable bonds is 2. The summed E-state index contributed by atoms with van der Waals surface area (Å²) in [5.41, 5.74) is 5.42. The standard InChI is InChI=1S/C9H13N/c1-8(10)7-9-5-3-2-4-6-9/h2-6,8H,7,10H2,1H3/i1D3,7D2,8+1D. The fraction of sp³-hybridized carbons (Fsp3) is 0.333. The predicted molar refractivity (Wildman–Crippen MR) is 43.8 cm³/mol. The van der Waals surface area contributed by atoms with Crippen molar-refractivity contribution in [1.29, 1.82) is 0 Å². The van der Waals surface area contributed by atoms with Gasteiger partial charge in [0.1, 0.15) is 0 Å². The lowest BCUT2D eigenvalue weighted by atomic mass is 10.2. The maximum Gasteiger partial charge on any atom is 0.0463 e. The molecule has 0 saturated heterocycles. The Kier molecular flexibility index (Phi) is 0.899. The molecule has 0 fully saturated rings. The first-order valence-electron chi connectivity index (χ1n) is 5.95. The van der Waals surface area contributed by atoms with Crippen LogP contribution in [0.2, 0.25) is 0 Å². The van der Waals surface area contributed by atoms with E-state index in [2.05, 4.69) is 0 Å². The normalized spacial score (nSPS) is 27.7. The molecule has 0 radical (unpaired) electrons. The molecule has 1 aromatic rings. The van der Waals surface area contributed by atoms with Crippen molar-refractivity contribution in [2.45, 2.75) is 19.2 Å². The van der Waals surface area contributed by atoms with Crippen LogP contribution >= 0.6 is 0 Å². The van der Waals surface area contributed by atoms with Gasteiger partial charge in [0.25, 0.3) is 0 Å². The van der Waals surface area contributed by atoms with Gasteiger partial charge in [0.2, 0.25) is 0 Å². The Bertz CT molecular complexity index is 356. The van der Waals surface area contributed by atoms with Gasteiger partial charge in [-0.05, 0) is 18.8 Å². The summed E-state index contributed by atoms with van der Waals surface area (Å²) in [4.78, 5) is 0. The number of hydrogen-bond acceptors (Lipinski definition) is 1. The third-order valence-corrected chi connectivity index (χ3v) is 1.05. The van der Waals surface area contributed by atoms with Crippen LogP contribution in [-0.4, -0.2) is 6.02 Å². The van der Waals surface area contributed by atoms with Gasteiger partial charge < -0.3 is 5.73 Å². The summed E-state index contributed by atoms with van der Waals surface area (Å²) >= 11 is 0. The van der Waals surface area contributed by atoms with Gasteiger partial charge in [-0.3, -0.25) is 0 Å². The van der Waals surface area contributed by atoms with Crippen molar-refractivity contribution in [3.8, 4) is 0 Å². The summed E-state index contributed by atoms with van der Waals surface area (Å²) < 4.78 is 44.4. The first-order chi connectivity index (χ1) is 7.11. The molecule has 1 nitrogen and oxygen atoms in total. The zero-order valence-corrected chi connectivity index (χ0v) is 5.46. The molecule has 0 aromatic heterocycles. The Balaban J connectivity index is 3.22. The van der Waals surface area contributed by atoms with E-state index in [4.69, 9.17) is 14.0 Å². The van der Waals surface area contributed by atoms with E-state index in [1.54, 1.807) is 18.2 Å². The van der Waals surface area contributed by atoms with Crippen molar-refractivity contribution >= 4 is 0 Å². The molecule has 1 atom stereocenters. The van der Waals surface area contributed by atoms with Gasteiger partial charge >= 0.3 is 0 Å². The molecule has 54 valence electrons. The minimum absolute atomic E-state index is 0.0867. The zero-order valence-electron chi connectivity index (χ0n) is 11.5. The van der Waals surface area contributed by atoms with Crippen molar-refractivity contribution in [2.75, 3.05) is 0 Å². The highest BCUT2D eigenvalue weighted by Crippen LogP contribution is 2.00. The quantitative estimate of drug-likeness (QED) is 0.623. The van der Waals surface area contributed by atoms with Crippen molar-refractivity contribution in [3.63, 3.8) is 0 Å². The molecule has 0 aliphatic rings. The molecule has 0 amide bonds. The summed E-state index contributed by atoms with van der Waals surface area (Å²) in [5, 5.41) is 0. The van der Waals surface area contributed by atoms with E-state index >= 15 is 0 Å². The lowest BCUT2D eigenvalue weighted by Crippen LogP contribution is -2.17. The lowest BCUT2D eigenvalue weighted by Gasteiger charge is -2.02. The third-order valence-electron chi connectivity index (χ3n) is 1.05. The number of nitrogens with two attached hydrogens (primary N) is 1. The van der Waals surface area contributed by atoms with Crippen LogP contribution in [0.1, 0.15) is 20.6 Å². The second kappa shape index (κ2) is 3.37. The van der Waals surface area contributed by atoms with Crippen LogP contribution in [0.15, 0.2) is 30.3 Å². The van der Waals surface area contributed by atoms with Crippen LogP contribution in [0.3, 0.4) is 0 Å². The Morgan fingerprint density at radius 1 is 1.70 bits per heavy atom. The van der Waals surface area contributed by atoms with Gasteiger partial charge in [0.05, 0.1) is 0 Å². The highest BCUT2D eigenvalue weighted by molar-refractivity contribution is 5.15. The first-order valence-corrected chi connectivity index (χ1v) is 2.95. The van der Waals surface area contributed by atoms with Crippen LogP contribution in [-0.2, 0) is 6.37 Å². The molecule has 1 unspecified atom stereocenters. The topological polar surface area (TPSA) is 26.0 Å². The summed E-state index contributed by atoms with van der Waals surface area (Å²) in [6, 6.07) is 4.98. The highest BCUT2D eigenvalue weighted by atomic mass is 14.9. The van der Waals surface area contributed by atoms with Crippen LogP contribution in [0, 0.1) is 0 Å². The van der Waals surface area contributed by atoms with Gasteiger partial charge in [0.15, 0.2) is 0 Å². The fourth-order valence-electron chi connectivity index (χ4n) is 0.677. The van der Waals surface area contributed by atoms with Crippen LogP contribution in [0.5, 0.6) is 0 Å². The van der Waals surface area contributed by atoms with E-state index in [0.29, 0.717) is 0 Å². The van der Waals surface area contributed by atoms with Crippen molar-refractivity contribution in [1.82, 2.24) is 0 Å². The minimum Gasteiger partial charge on any atom is -0.328 e. The average Bonchev–Trinajstić information content (AvgIpc) is 2.17. The molecule has 1 rings (SSSR count). The monoisotopic (exact) mass is 142 g/mol. The number of benzene rings is 1. The molecule has 0 bridgehead atoms. The Morgan fingerprint density at radius 3 is 3.00 bits per heavy atom. The largest absolute Gasteiger partial charge is 0.328 e. The third kappa shape index (κ3) is 2.19. The second-order valence-corrected chi connectivity index (χ2v) is 1.90. The molecule has 1 heteroatoms. The molecule has 2 N–H and O–H groups in total. The molecule has 0 saturated carbocycles. The molecule has 0 aliphatic heterocycles. The van der Waals surface area contributed by atoms with Crippen molar-refractivity contribution < 1.29 is 8.22 Å². The Morgan fingerprint density at radius 2 is 2.40 bits per heavy atom. The molecule has 10 heavy (non-hydrogen) atoms. The molecular formula is C9H13N. The SMILES string of the molecule is [2H]C([2H])([2H])[13C]([2H])(N)C([2H])([2H])c1ccccc1. The van der Waals surface area contributed by atoms with Gasteiger partial charge in [-0.2, -0.15) is 0 Å². The van der Waals surface area contributed by atoms with Crippen molar-refractivity contribution in [3.05, 3.63) is 35.9 Å². The molecule has 0 heterocycles. The smallest absolute Gasteiger partial charge is 0.0463 e. The van der Waals surface area contributed by atoms with Crippen LogP contribution < -0.4 is 5.73 Å². The van der Waals surface area contributed by atoms with Gasteiger partial charge in [-0.1, -0.05) is 30.3 Å². The van der Waals surface area contributed by atoms with E-state index in [-0.39, 0.29) is 5.56 Å². The first kappa shape index (κ1) is 2.67. The summed E-state index contributed by atoms with van der Waals surface area (Å²) in [5.74, 6) is 0. The lowest BCUT2D eigenvalue weighted by molar-refractivity contribution is 0.738. The predicted octanol–water partition coefficient (Wildman–Crippen LogP) is 1.58. The Hall–Kier alpha value is -0.820. The van der Waals surface area contributed by atoms with Crippen LogP contribution in [0.4, 0.5) is 0 Å². The van der Waals surface area contributed by atoms with Gasteiger partial charge in [-0.25, -0.2) is 0 Å². The van der Waals surface area contributed by atoms with E-state index in [0.717, 1.165) is 0 Å². The van der Waals surface area contributed by atoms with Crippen molar-refractivity contribution in [2.24, 2.45) is 5.73 Å². The molecular weight excluding hydrogens is 123 g/mol. The fourth-order valence-corrected chi connectivity index (χ4v) is 0.677. The Labute approximate surface area is 70.3 Å². The molecule has 0 spiro atoms.